The average Bonchev–Trinajstić information content (AvgIpc) is 2.90. The Bertz CT molecular complexity index is 1040. The van der Waals surface area contributed by atoms with Gasteiger partial charge in [0.05, 0.1) is 19.8 Å². The van der Waals surface area contributed by atoms with Crippen molar-refractivity contribution < 1.29 is 14.3 Å². The maximum atomic E-state index is 5.99. The van der Waals surface area contributed by atoms with E-state index in [4.69, 9.17) is 19.5 Å². The van der Waals surface area contributed by atoms with E-state index in [1.54, 1.807) is 14.2 Å². The minimum absolute atomic E-state index is 0.490. The van der Waals surface area contributed by atoms with E-state index in [1.807, 2.05) is 54.6 Å². The van der Waals surface area contributed by atoms with Gasteiger partial charge in [0, 0.05) is 5.56 Å². The smallest absolute Gasteiger partial charge is 0.157 e. The van der Waals surface area contributed by atoms with Crippen LogP contribution in [-0.4, -0.2) is 37.9 Å². The number of nitrogens with zero attached hydrogens (tertiary/aromatic N) is 2. The Labute approximate surface area is 196 Å². The summed E-state index contributed by atoms with van der Waals surface area (Å²) in [5.74, 6) is 2.36. The van der Waals surface area contributed by atoms with Gasteiger partial charge in [-0.2, -0.15) is 0 Å². The molecule has 1 heterocycles. The highest BCUT2D eigenvalue weighted by Crippen LogP contribution is 2.36. The molecule has 33 heavy (non-hydrogen) atoms. The highest BCUT2D eigenvalue weighted by molar-refractivity contribution is 6.07. The molecule has 0 saturated carbocycles. The summed E-state index contributed by atoms with van der Waals surface area (Å²) >= 11 is 0. The summed E-state index contributed by atoms with van der Waals surface area (Å²) in [6.45, 7) is 4.25. The van der Waals surface area contributed by atoms with Gasteiger partial charge >= 0.3 is 0 Å². The molecule has 3 aromatic rings. The van der Waals surface area contributed by atoms with E-state index in [-0.39, 0.29) is 0 Å². The van der Waals surface area contributed by atoms with E-state index in [1.165, 1.54) is 19.3 Å². The number of hydrogen-bond donors (Lipinski definition) is 0. The van der Waals surface area contributed by atoms with Crippen LogP contribution in [0.2, 0.25) is 0 Å². The number of hydrogen-bond acceptors (Lipinski definition) is 5. The van der Waals surface area contributed by atoms with Gasteiger partial charge in [-0.3, -0.25) is 4.90 Å². The molecule has 1 atom stereocenters. The number of likely N-dealkylation sites (tertiary alicyclic amines) is 1. The van der Waals surface area contributed by atoms with Crippen LogP contribution >= 0.6 is 0 Å². The van der Waals surface area contributed by atoms with Crippen molar-refractivity contribution in [2.75, 3.05) is 27.3 Å². The second-order valence-corrected chi connectivity index (χ2v) is 8.42. The lowest BCUT2D eigenvalue weighted by atomic mass is 9.80. The maximum absolute atomic E-state index is 5.99. The van der Waals surface area contributed by atoms with E-state index in [2.05, 4.69) is 36.1 Å². The number of para-hydroxylation sites is 1. The maximum Gasteiger partial charge on any atom is 0.157 e. The predicted molar refractivity (Wildman–Crippen MR) is 132 cm³/mol. The number of benzene rings is 3. The minimum Gasteiger partial charge on any atom is -0.497 e. The second-order valence-electron chi connectivity index (χ2n) is 8.42. The highest BCUT2D eigenvalue weighted by atomic mass is 16.6. The van der Waals surface area contributed by atoms with Crippen molar-refractivity contribution in [1.29, 1.82) is 0 Å². The fraction of sp³-hybridized carbons (Fsp3) is 0.321. The molecule has 0 aromatic heterocycles. The van der Waals surface area contributed by atoms with Crippen LogP contribution in [0.4, 0.5) is 0 Å². The standard InChI is InChI=1S/C28H32N2O3/c1-28(30-20-8-5-9-21-30,23-14-18-25(32-3)19-15-23)27(22-12-16-24(31-2)17-13-22)29-33-26-10-6-4-7-11-26/h4,6-7,10-19H,5,8-9,20-21H2,1-3H3. The van der Waals surface area contributed by atoms with Gasteiger partial charge in [0.25, 0.3) is 0 Å². The lowest BCUT2D eigenvalue weighted by Gasteiger charge is -2.44. The number of ether oxygens (including phenoxy) is 2. The van der Waals surface area contributed by atoms with Crippen molar-refractivity contribution in [1.82, 2.24) is 4.90 Å². The van der Waals surface area contributed by atoms with Crippen LogP contribution in [0.5, 0.6) is 17.2 Å². The predicted octanol–water partition coefficient (Wildman–Crippen LogP) is 5.89. The van der Waals surface area contributed by atoms with Crippen LogP contribution in [0.25, 0.3) is 0 Å². The molecule has 1 aliphatic rings. The summed E-state index contributed by atoms with van der Waals surface area (Å²) in [5.41, 5.74) is 2.52. The summed E-state index contributed by atoms with van der Waals surface area (Å²) in [6.07, 6.45) is 3.59. The Morgan fingerprint density at radius 1 is 0.727 bits per heavy atom. The molecule has 0 bridgehead atoms. The van der Waals surface area contributed by atoms with Crippen LogP contribution in [-0.2, 0) is 5.54 Å². The largest absolute Gasteiger partial charge is 0.497 e. The zero-order chi connectivity index (χ0) is 23.1. The Morgan fingerprint density at radius 2 is 1.30 bits per heavy atom. The van der Waals surface area contributed by atoms with Gasteiger partial charge in [-0.25, -0.2) is 0 Å². The lowest BCUT2D eigenvalue weighted by molar-refractivity contribution is 0.130. The monoisotopic (exact) mass is 444 g/mol. The Hall–Kier alpha value is -3.31. The zero-order valence-corrected chi connectivity index (χ0v) is 19.7. The third-order valence-electron chi connectivity index (χ3n) is 6.45. The summed E-state index contributed by atoms with van der Waals surface area (Å²) in [6, 6.07) is 26.0. The molecule has 0 aliphatic carbocycles. The normalized spacial score (nSPS) is 16.6. The van der Waals surface area contributed by atoms with Gasteiger partial charge in [0.15, 0.2) is 5.75 Å². The second kappa shape index (κ2) is 10.5. The Balaban J connectivity index is 1.85. The van der Waals surface area contributed by atoms with E-state index in [0.717, 1.165) is 41.4 Å². The fourth-order valence-corrected chi connectivity index (χ4v) is 4.48. The van der Waals surface area contributed by atoms with E-state index in [9.17, 15) is 0 Å². The lowest BCUT2D eigenvalue weighted by Crippen LogP contribution is -2.52. The number of methoxy groups -OCH3 is 2. The van der Waals surface area contributed by atoms with Crippen molar-refractivity contribution in [3.05, 3.63) is 90.0 Å². The third-order valence-corrected chi connectivity index (χ3v) is 6.45. The molecular formula is C28H32N2O3. The molecule has 1 fully saturated rings. The topological polar surface area (TPSA) is 43.3 Å². The van der Waals surface area contributed by atoms with Crippen LogP contribution in [0.1, 0.15) is 37.3 Å². The van der Waals surface area contributed by atoms with E-state index in [0.29, 0.717) is 5.75 Å². The van der Waals surface area contributed by atoms with Crippen molar-refractivity contribution in [3.63, 3.8) is 0 Å². The zero-order valence-electron chi connectivity index (χ0n) is 19.7. The van der Waals surface area contributed by atoms with Gasteiger partial charge in [0.1, 0.15) is 17.2 Å². The molecule has 5 nitrogen and oxygen atoms in total. The number of rotatable bonds is 8. The summed E-state index contributed by atoms with van der Waals surface area (Å²) in [4.78, 5) is 8.51. The molecule has 0 amide bonds. The fourth-order valence-electron chi connectivity index (χ4n) is 4.48. The van der Waals surface area contributed by atoms with Crippen LogP contribution in [0.15, 0.2) is 84.0 Å². The molecule has 1 aliphatic heterocycles. The molecule has 4 rings (SSSR count). The van der Waals surface area contributed by atoms with Crippen molar-refractivity contribution in [3.8, 4) is 17.2 Å². The molecule has 0 radical (unpaired) electrons. The van der Waals surface area contributed by atoms with E-state index >= 15 is 0 Å². The first-order chi connectivity index (χ1) is 16.1. The SMILES string of the molecule is COc1ccc(C(=NOc2ccccc2)C(C)(c2ccc(OC)cc2)N2CCCCC2)cc1. The molecule has 5 heteroatoms. The minimum atomic E-state index is -0.490. The molecular weight excluding hydrogens is 412 g/mol. The first-order valence-electron chi connectivity index (χ1n) is 11.5. The van der Waals surface area contributed by atoms with Crippen LogP contribution in [0, 0.1) is 0 Å². The molecule has 1 saturated heterocycles. The van der Waals surface area contributed by atoms with Gasteiger partial charge < -0.3 is 14.3 Å². The van der Waals surface area contributed by atoms with Crippen molar-refractivity contribution >= 4 is 5.71 Å². The first kappa shape index (κ1) is 22.9. The van der Waals surface area contributed by atoms with Crippen molar-refractivity contribution in [2.24, 2.45) is 5.16 Å². The van der Waals surface area contributed by atoms with Crippen LogP contribution < -0.4 is 14.3 Å². The molecule has 172 valence electrons. The molecule has 0 spiro atoms. The van der Waals surface area contributed by atoms with Crippen molar-refractivity contribution in [2.45, 2.75) is 31.7 Å². The third kappa shape index (κ3) is 5.04. The Kier molecular flexibility index (Phi) is 7.30. The quantitative estimate of drug-likeness (QED) is 0.321. The number of oxime groups is 1. The molecule has 1 unspecified atom stereocenters. The summed E-state index contributed by atoms with van der Waals surface area (Å²) in [5, 5.41) is 4.79. The first-order valence-corrected chi connectivity index (χ1v) is 11.5. The Morgan fingerprint density at radius 3 is 1.88 bits per heavy atom. The van der Waals surface area contributed by atoms with Gasteiger partial charge in [-0.1, -0.05) is 41.9 Å². The average molecular weight is 445 g/mol. The van der Waals surface area contributed by atoms with E-state index < -0.39 is 5.54 Å². The number of piperidine rings is 1. The van der Waals surface area contributed by atoms with Gasteiger partial charge in [-0.05, 0) is 86.9 Å². The summed E-state index contributed by atoms with van der Waals surface area (Å²) < 4.78 is 10.8. The molecule has 3 aromatic carbocycles. The van der Waals surface area contributed by atoms with Gasteiger partial charge in [-0.15, -0.1) is 0 Å². The van der Waals surface area contributed by atoms with Crippen LogP contribution in [0.3, 0.4) is 0 Å². The molecule has 0 N–H and O–H groups in total. The summed E-state index contributed by atoms with van der Waals surface area (Å²) in [7, 11) is 3.37. The van der Waals surface area contributed by atoms with Gasteiger partial charge in [0.2, 0.25) is 0 Å². The highest BCUT2D eigenvalue weighted by Gasteiger charge is 2.41.